The van der Waals surface area contributed by atoms with Crippen molar-refractivity contribution in [3.05, 3.63) is 83.4 Å². The summed E-state index contributed by atoms with van der Waals surface area (Å²) >= 11 is 0. The lowest BCUT2D eigenvalue weighted by atomic mass is 9.92. The highest BCUT2D eigenvalue weighted by Gasteiger charge is 2.19. The maximum absolute atomic E-state index is 11.5. The second-order valence-electron chi connectivity index (χ2n) is 8.69. The molecule has 8 nitrogen and oxygen atoms in total. The molecular weight excluding hydrogens is 442 g/mol. The van der Waals surface area contributed by atoms with Gasteiger partial charge in [-0.2, -0.15) is 0 Å². The quantitative estimate of drug-likeness (QED) is 0.288. The Morgan fingerprint density at radius 3 is 2.23 bits per heavy atom. The number of ether oxygens (including phenoxy) is 2. The molecule has 0 radical (unpaired) electrons. The Balaban J connectivity index is 1.64. The van der Waals surface area contributed by atoms with E-state index < -0.39 is 5.91 Å². The molecule has 1 saturated carbocycles. The summed E-state index contributed by atoms with van der Waals surface area (Å²) in [6, 6.07) is 19.9. The van der Waals surface area contributed by atoms with Crippen molar-refractivity contribution in [2.24, 2.45) is 27.9 Å². The van der Waals surface area contributed by atoms with Crippen LogP contribution in [-0.2, 0) is 6.54 Å². The summed E-state index contributed by atoms with van der Waals surface area (Å²) < 4.78 is 12.2. The number of benzene rings is 3. The van der Waals surface area contributed by atoms with Crippen LogP contribution in [0.4, 0.5) is 0 Å². The van der Waals surface area contributed by atoms with Crippen LogP contribution in [0.3, 0.4) is 0 Å². The number of amides is 1. The number of aliphatic imine (C=N–C) groups is 1. The molecule has 3 aromatic carbocycles. The van der Waals surface area contributed by atoms with E-state index in [4.69, 9.17) is 37.4 Å². The highest BCUT2D eigenvalue weighted by molar-refractivity contribution is 6.00. The SMILES string of the molecule is NCc1ccc(Oc2cc(Oc3cccc(C(N)=O)c3)ccc2C(N)=NC2CCC(N)CC2)cc1. The van der Waals surface area contributed by atoms with Crippen molar-refractivity contribution in [2.45, 2.75) is 44.3 Å². The second-order valence-corrected chi connectivity index (χ2v) is 8.69. The molecule has 182 valence electrons. The number of hydrogen-bond acceptors (Lipinski definition) is 6. The molecule has 0 aromatic heterocycles. The number of primary amides is 1. The molecule has 3 aromatic rings. The molecule has 8 heteroatoms. The molecule has 1 amide bonds. The van der Waals surface area contributed by atoms with E-state index in [0.717, 1.165) is 31.2 Å². The van der Waals surface area contributed by atoms with Gasteiger partial charge in [0, 0.05) is 24.2 Å². The van der Waals surface area contributed by atoms with Crippen LogP contribution in [0.15, 0.2) is 71.7 Å². The van der Waals surface area contributed by atoms with Gasteiger partial charge in [-0.25, -0.2) is 0 Å². The summed E-state index contributed by atoms with van der Waals surface area (Å²) in [5, 5.41) is 0. The normalized spacial score (nSPS) is 18.2. The first-order chi connectivity index (χ1) is 16.9. The highest BCUT2D eigenvalue weighted by Crippen LogP contribution is 2.33. The standard InChI is InChI=1S/C27H31N5O3/c28-16-17-4-10-21(11-5-17)35-25-15-23(34-22-3-1-2-18(14-22)27(31)33)12-13-24(25)26(30)32-20-8-6-19(29)7-9-20/h1-5,10-15,19-20H,6-9,16,28-29H2,(H2,30,32)(H2,31,33). The average Bonchev–Trinajstić information content (AvgIpc) is 2.86. The number of nitrogens with two attached hydrogens (primary N) is 4. The van der Waals surface area contributed by atoms with E-state index in [1.54, 1.807) is 36.4 Å². The van der Waals surface area contributed by atoms with Crippen LogP contribution in [0.2, 0.25) is 0 Å². The van der Waals surface area contributed by atoms with Crippen molar-refractivity contribution in [2.75, 3.05) is 0 Å². The molecule has 1 aliphatic rings. The summed E-state index contributed by atoms with van der Waals surface area (Å²) in [7, 11) is 0. The molecule has 0 unspecified atom stereocenters. The van der Waals surface area contributed by atoms with Crippen molar-refractivity contribution in [3.63, 3.8) is 0 Å². The summed E-state index contributed by atoms with van der Waals surface area (Å²) in [6.07, 6.45) is 3.71. The lowest BCUT2D eigenvalue weighted by Gasteiger charge is -2.23. The highest BCUT2D eigenvalue weighted by atomic mass is 16.5. The predicted octanol–water partition coefficient (Wildman–Crippen LogP) is 3.80. The fourth-order valence-corrected chi connectivity index (χ4v) is 4.03. The fraction of sp³-hybridized carbons (Fsp3) is 0.259. The van der Waals surface area contributed by atoms with E-state index in [2.05, 4.69) is 0 Å². The predicted molar refractivity (Wildman–Crippen MR) is 137 cm³/mol. The number of rotatable bonds is 8. The van der Waals surface area contributed by atoms with Gasteiger partial charge in [0.2, 0.25) is 5.91 Å². The van der Waals surface area contributed by atoms with Gasteiger partial charge in [0.25, 0.3) is 0 Å². The number of hydrogen-bond donors (Lipinski definition) is 4. The Bertz CT molecular complexity index is 1200. The fourth-order valence-electron chi connectivity index (χ4n) is 4.03. The first kappa shape index (κ1) is 24.3. The van der Waals surface area contributed by atoms with Crippen LogP contribution in [0.5, 0.6) is 23.0 Å². The second kappa shape index (κ2) is 11.0. The Morgan fingerprint density at radius 1 is 0.857 bits per heavy atom. The topological polar surface area (TPSA) is 152 Å². The van der Waals surface area contributed by atoms with Gasteiger partial charge in [-0.15, -0.1) is 0 Å². The molecule has 4 rings (SSSR count). The Hall–Kier alpha value is -3.88. The molecule has 35 heavy (non-hydrogen) atoms. The van der Waals surface area contributed by atoms with Gasteiger partial charge in [0.1, 0.15) is 28.8 Å². The van der Waals surface area contributed by atoms with Crippen LogP contribution < -0.4 is 32.4 Å². The maximum atomic E-state index is 11.5. The Kier molecular flexibility index (Phi) is 7.64. The first-order valence-electron chi connectivity index (χ1n) is 11.7. The van der Waals surface area contributed by atoms with Gasteiger partial charge in [-0.05, 0) is 73.7 Å². The third-order valence-corrected chi connectivity index (χ3v) is 6.03. The molecule has 0 aliphatic heterocycles. The zero-order valence-electron chi connectivity index (χ0n) is 19.5. The third kappa shape index (κ3) is 6.38. The molecule has 1 fully saturated rings. The molecule has 0 atom stereocenters. The summed E-state index contributed by atoms with van der Waals surface area (Å²) in [5.74, 6) is 2.01. The number of carbonyl (C=O) groups is 1. The maximum Gasteiger partial charge on any atom is 0.248 e. The minimum atomic E-state index is -0.525. The van der Waals surface area contributed by atoms with Crippen molar-refractivity contribution in [1.82, 2.24) is 0 Å². The number of nitrogens with zero attached hydrogens (tertiary/aromatic N) is 1. The smallest absolute Gasteiger partial charge is 0.248 e. The van der Waals surface area contributed by atoms with E-state index in [-0.39, 0.29) is 12.1 Å². The number of amidine groups is 1. The van der Waals surface area contributed by atoms with E-state index in [1.165, 1.54) is 0 Å². The summed E-state index contributed by atoms with van der Waals surface area (Å²) in [4.78, 5) is 16.3. The van der Waals surface area contributed by atoms with E-state index in [1.807, 2.05) is 30.3 Å². The van der Waals surface area contributed by atoms with Crippen molar-refractivity contribution >= 4 is 11.7 Å². The van der Waals surface area contributed by atoms with E-state index >= 15 is 0 Å². The van der Waals surface area contributed by atoms with Gasteiger partial charge in [-0.3, -0.25) is 9.79 Å². The zero-order valence-corrected chi connectivity index (χ0v) is 19.5. The zero-order chi connectivity index (χ0) is 24.8. The molecule has 1 aliphatic carbocycles. The van der Waals surface area contributed by atoms with Crippen LogP contribution >= 0.6 is 0 Å². The molecule has 0 spiro atoms. The van der Waals surface area contributed by atoms with Crippen molar-refractivity contribution in [1.29, 1.82) is 0 Å². The van der Waals surface area contributed by atoms with Gasteiger partial charge >= 0.3 is 0 Å². The molecule has 8 N–H and O–H groups in total. The molecule has 0 bridgehead atoms. The number of carbonyl (C=O) groups excluding carboxylic acids is 1. The minimum absolute atomic E-state index is 0.138. The Labute approximate surface area is 204 Å². The van der Waals surface area contributed by atoms with Gasteiger partial charge in [-0.1, -0.05) is 18.2 Å². The van der Waals surface area contributed by atoms with Crippen molar-refractivity contribution < 1.29 is 14.3 Å². The lowest BCUT2D eigenvalue weighted by Crippen LogP contribution is -2.29. The largest absolute Gasteiger partial charge is 0.457 e. The molecule has 0 heterocycles. The van der Waals surface area contributed by atoms with Crippen LogP contribution in [-0.4, -0.2) is 23.8 Å². The minimum Gasteiger partial charge on any atom is -0.457 e. The summed E-state index contributed by atoms with van der Waals surface area (Å²) in [6.45, 7) is 0.448. The summed E-state index contributed by atoms with van der Waals surface area (Å²) in [5.41, 5.74) is 25.6. The van der Waals surface area contributed by atoms with Gasteiger partial charge in [0.15, 0.2) is 0 Å². The average molecular weight is 474 g/mol. The van der Waals surface area contributed by atoms with Crippen LogP contribution in [0.25, 0.3) is 0 Å². The van der Waals surface area contributed by atoms with E-state index in [9.17, 15) is 4.79 Å². The Morgan fingerprint density at radius 2 is 1.54 bits per heavy atom. The first-order valence-corrected chi connectivity index (χ1v) is 11.7. The van der Waals surface area contributed by atoms with Crippen molar-refractivity contribution in [3.8, 4) is 23.0 Å². The van der Waals surface area contributed by atoms with Gasteiger partial charge < -0.3 is 32.4 Å². The van der Waals surface area contributed by atoms with Gasteiger partial charge in [0.05, 0.1) is 11.6 Å². The molecule has 0 saturated heterocycles. The monoisotopic (exact) mass is 473 g/mol. The third-order valence-electron chi connectivity index (χ3n) is 6.03. The molecular formula is C27H31N5O3. The van der Waals surface area contributed by atoms with Crippen LogP contribution in [0.1, 0.15) is 47.2 Å². The van der Waals surface area contributed by atoms with E-state index in [0.29, 0.717) is 46.5 Å². The van der Waals surface area contributed by atoms with Crippen LogP contribution in [0, 0.1) is 0 Å². The lowest BCUT2D eigenvalue weighted by molar-refractivity contribution is 0.1000.